The minimum absolute atomic E-state index is 0. The lowest BCUT2D eigenvalue weighted by molar-refractivity contribution is -0.117. The zero-order valence-electron chi connectivity index (χ0n) is 12.6. The number of benzene rings is 1. The van der Waals surface area contributed by atoms with Gasteiger partial charge in [-0.3, -0.25) is 9.69 Å². The number of carbonyl (C=O) groups is 1. The van der Waals surface area contributed by atoms with Crippen molar-refractivity contribution in [3.63, 3.8) is 0 Å². The van der Waals surface area contributed by atoms with Gasteiger partial charge in [0.2, 0.25) is 5.91 Å². The Hall–Kier alpha value is -1.30. The second-order valence-corrected chi connectivity index (χ2v) is 5.07. The highest BCUT2D eigenvalue weighted by molar-refractivity contribution is 5.93. The van der Waals surface area contributed by atoms with Crippen molar-refractivity contribution < 1.29 is 9.53 Å². The van der Waals surface area contributed by atoms with E-state index >= 15 is 0 Å². The Labute approximate surface area is 132 Å². The van der Waals surface area contributed by atoms with Gasteiger partial charge in [-0.25, -0.2) is 0 Å². The molecule has 0 radical (unpaired) electrons. The molecule has 1 aliphatic heterocycles. The number of halogens is 1. The standard InChI is InChI=1S/C15H23N3O2.ClH/c1-3-20-14-7-5-4-6-13(14)17-15(19)11-18-9-8-16-12(2)10-18;/h4-7,12,16H,3,8-11H2,1-2H3,(H,17,19);1H. The van der Waals surface area contributed by atoms with Gasteiger partial charge in [-0.2, -0.15) is 0 Å². The van der Waals surface area contributed by atoms with Crippen LogP contribution >= 0.6 is 12.4 Å². The van der Waals surface area contributed by atoms with Gasteiger partial charge in [0.05, 0.1) is 18.8 Å². The number of carbonyl (C=O) groups excluding carboxylic acids is 1. The molecule has 1 atom stereocenters. The van der Waals surface area contributed by atoms with Crippen molar-refractivity contribution in [1.29, 1.82) is 0 Å². The fourth-order valence-corrected chi connectivity index (χ4v) is 2.40. The van der Waals surface area contributed by atoms with Gasteiger partial charge in [0.1, 0.15) is 5.75 Å². The van der Waals surface area contributed by atoms with Crippen molar-refractivity contribution in [2.24, 2.45) is 0 Å². The number of nitrogens with one attached hydrogen (secondary N) is 2. The molecule has 118 valence electrons. The van der Waals surface area contributed by atoms with Crippen LogP contribution in [0.1, 0.15) is 13.8 Å². The van der Waals surface area contributed by atoms with Crippen molar-refractivity contribution in [3.8, 4) is 5.75 Å². The van der Waals surface area contributed by atoms with Gasteiger partial charge in [-0.15, -0.1) is 12.4 Å². The molecule has 1 aliphatic rings. The fraction of sp³-hybridized carbons (Fsp3) is 0.533. The van der Waals surface area contributed by atoms with E-state index in [9.17, 15) is 4.79 Å². The molecule has 1 amide bonds. The molecule has 1 unspecified atom stereocenters. The Morgan fingerprint density at radius 2 is 2.24 bits per heavy atom. The summed E-state index contributed by atoms with van der Waals surface area (Å²) in [4.78, 5) is 14.3. The van der Waals surface area contributed by atoms with E-state index < -0.39 is 0 Å². The van der Waals surface area contributed by atoms with Gasteiger partial charge >= 0.3 is 0 Å². The SMILES string of the molecule is CCOc1ccccc1NC(=O)CN1CCNC(C)C1.Cl. The van der Waals surface area contributed by atoms with E-state index in [1.165, 1.54) is 0 Å². The molecule has 5 nitrogen and oxygen atoms in total. The van der Waals surface area contributed by atoms with E-state index in [2.05, 4.69) is 22.5 Å². The average Bonchev–Trinajstić information content (AvgIpc) is 2.41. The summed E-state index contributed by atoms with van der Waals surface area (Å²) in [6, 6.07) is 7.96. The Morgan fingerprint density at radius 3 is 2.95 bits per heavy atom. The van der Waals surface area contributed by atoms with Crippen LogP contribution in [0.5, 0.6) is 5.75 Å². The Kier molecular flexibility index (Phi) is 7.50. The number of nitrogens with zero attached hydrogens (tertiary/aromatic N) is 1. The summed E-state index contributed by atoms with van der Waals surface area (Å²) >= 11 is 0. The molecule has 2 rings (SSSR count). The fourth-order valence-electron chi connectivity index (χ4n) is 2.40. The minimum Gasteiger partial charge on any atom is -0.492 e. The molecule has 6 heteroatoms. The summed E-state index contributed by atoms with van der Waals surface area (Å²) in [5.41, 5.74) is 0.738. The maximum absolute atomic E-state index is 12.1. The number of amides is 1. The Balaban J connectivity index is 0.00000220. The molecule has 1 aromatic rings. The quantitative estimate of drug-likeness (QED) is 0.869. The maximum atomic E-state index is 12.1. The summed E-state index contributed by atoms with van der Waals surface area (Å²) in [7, 11) is 0. The van der Waals surface area contributed by atoms with Gasteiger partial charge in [0.25, 0.3) is 0 Å². The van der Waals surface area contributed by atoms with Gasteiger partial charge < -0.3 is 15.4 Å². The first-order valence-corrected chi connectivity index (χ1v) is 7.16. The molecule has 1 saturated heterocycles. The van der Waals surface area contributed by atoms with Crippen LogP contribution in [0.4, 0.5) is 5.69 Å². The molecule has 1 fully saturated rings. The number of para-hydroxylation sites is 2. The van der Waals surface area contributed by atoms with Crippen LogP contribution in [0.3, 0.4) is 0 Å². The monoisotopic (exact) mass is 313 g/mol. The molecule has 2 N–H and O–H groups in total. The second-order valence-electron chi connectivity index (χ2n) is 5.07. The van der Waals surface area contributed by atoms with E-state index in [1.54, 1.807) is 0 Å². The molecule has 0 saturated carbocycles. The smallest absolute Gasteiger partial charge is 0.238 e. The van der Waals surface area contributed by atoms with Crippen molar-refractivity contribution in [1.82, 2.24) is 10.2 Å². The second kappa shape index (κ2) is 8.87. The number of hydrogen-bond acceptors (Lipinski definition) is 4. The molecular weight excluding hydrogens is 290 g/mol. The van der Waals surface area contributed by atoms with Gasteiger partial charge in [-0.1, -0.05) is 12.1 Å². The van der Waals surface area contributed by atoms with E-state index in [-0.39, 0.29) is 18.3 Å². The van der Waals surface area contributed by atoms with Crippen LogP contribution in [0.15, 0.2) is 24.3 Å². The number of piperazine rings is 1. The van der Waals surface area contributed by atoms with Crippen molar-refractivity contribution in [2.45, 2.75) is 19.9 Å². The lowest BCUT2D eigenvalue weighted by Gasteiger charge is -2.31. The van der Waals surface area contributed by atoms with Crippen LogP contribution < -0.4 is 15.4 Å². The predicted molar refractivity (Wildman–Crippen MR) is 87.4 cm³/mol. The first-order chi connectivity index (χ1) is 9.69. The van der Waals surface area contributed by atoms with E-state index in [0.717, 1.165) is 31.1 Å². The Bertz CT molecular complexity index is 456. The van der Waals surface area contributed by atoms with Gasteiger partial charge in [-0.05, 0) is 26.0 Å². The number of rotatable bonds is 5. The predicted octanol–water partition coefficient (Wildman–Crippen LogP) is 1.74. The maximum Gasteiger partial charge on any atom is 0.238 e. The highest BCUT2D eigenvalue weighted by Gasteiger charge is 2.18. The first-order valence-electron chi connectivity index (χ1n) is 7.16. The lowest BCUT2D eigenvalue weighted by Crippen LogP contribution is -2.51. The zero-order valence-corrected chi connectivity index (χ0v) is 13.4. The number of hydrogen-bond donors (Lipinski definition) is 2. The van der Waals surface area contributed by atoms with Crippen LogP contribution in [-0.4, -0.2) is 49.6 Å². The van der Waals surface area contributed by atoms with Crippen molar-refractivity contribution >= 4 is 24.0 Å². The average molecular weight is 314 g/mol. The molecule has 21 heavy (non-hydrogen) atoms. The van der Waals surface area contributed by atoms with Crippen molar-refractivity contribution in [2.75, 3.05) is 38.1 Å². The van der Waals surface area contributed by atoms with Crippen LogP contribution in [0.2, 0.25) is 0 Å². The normalized spacial score (nSPS) is 18.7. The molecule has 0 aliphatic carbocycles. The molecule has 0 aromatic heterocycles. The number of anilines is 1. The molecule has 1 heterocycles. The number of ether oxygens (including phenoxy) is 1. The first kappa shape index (κ1) is 17.8. The largest absolute Gasteiger partial charge is 0.492 e. The summed E-state index contributed by atoms with van der Waals surface area (Å²) in [5, 5.41) is 6.30. The lowest BCUT2D eigenvalue weighted by atomic mass is 10.2. The zero-order chi connectivity index (χ0) is 14.4. The highest BCUT2D eigenvalue weighted by atomic mass is 35.5. The highest BCUT2D eigenvalue weighted by Crippen LogP contribution is 2.23. The third-order valence-corrected chi connectivity index (χ3v) is 3.28. The molecular formula is C15H24ClN3O2. The van der Waals surface area contributed by atoms with Crippen LogP contribution in [0.25, 0.3) is 0 Å². The minimum atomic E-state index is 0. The summed E-state index contributed by atoms with van der Waals surface area (Å²) in [6.45, 7) is 7.82. The van der Waals surface area contributed by atoms with Crippen LogP contribution in [-0.2, 0) is 4.79 Å². The van der Waals surface area contributed by atoms with E-state index in [1.807, 2.05) is 31.2 Å². The third kappa shape index (κ3) is 5.53. The van der Waals surface area contributed by atoms with E-state index in [4.69, 9.17) is 4.74 Å². The van der Waals surface area contributed by atoms with Gasteiger partial charge in [0, 0.05) is 25.7 Å². The topological polar surface area (TPSA) is 53.6 Å². The molecule has 0 spiro atoms. The third-order valence-electron chi connectivity index (χ3n) is 3.28. The van der Waals surface area contributed by atoms with Crippen molar-refractivity contribution in [3.05, 3.63) is 24.3 Å². The van der Waals surface area contributed by atoms with Gasteiger partial charge in [0.15, 0.2) is 0 Å². The summed E-state index contributed by atoms with van der Waals surface area (Å²) in [6.07, 6.45) is 0. The van der Waals surface area contributed by atoms with E-state index in [0.29, 0.717) is 19.2 Å². The Morgan fingerprint density at radius 1 is 1.48 bits per heavy atom. The molecule has 0 bridgehead atoms. The molecule has 1 aromatic carbocycles. The summed E-state index contributed by atoms with van der Waals surface area (Å²) in [5.74, 6) is 0.725. The summed E-state index contributed by atoms with van der Waals surface area (Å²) < 4.78 is 5.51. The van der Waals surface area contributed by atoms with Crippen LogP contribution in [0, 0.1) is 0 Å².